The van der Waals surface area contributed by atoms with Crippen molar-refractivity contribution < 1.29 is 14.0 Å². The molecule has 1 aromatic carbocycles. The van der Waals surface area contributed by atoms with Crippen LogP contribution in [0.25, 0.3) is 10.9 Å². The Morgan fingerprint density at radius 2 is 1.66 bits per heavy atom. The van der Waals surface area contributed by atoms with Crippen LogP contribution in [0.15, 0.2) is 24.5 Å². The quantitative estimate of drug-likeness (QED) is 0.710. The summed E-state index contributed by atoms with van der Waals surface area (Å²) >= 11 is 0. The molecule has 0 atom stereocenters. The molecular weight excluding hydrogens is 403 g/mol. The maximum atomic E-state index is 6.21. The Bertz CT molecular complexity index is 870. The standard InChI is InChI=1S/C20H28BN3O2.C4H9NO/c1-19(2)20(3,4)26-21(25-19)14-10-11-17-16(12-14)18(23-13-22-17)24-15-8-6-5-7-9-15;1-3-6-4-2-5-1/h10-13,15H,5-9H2,1-4H3,(H,22,23,24);5H,1-4H2. The van der Waals surface area contributed by atoms with Gasteiger partial charge in [0, 0.05) is 24.5 Å². The molecule has 1 aromatic heterocycles. The normalized spacial score (nSPS) is 22.9. The molecule has 0 unspecified atom stereocenters. The summed E-state index contributed by atoms with van der Waals surface area (Å²) in [6.45, 7) is 12.1. The summed E-state index contributed by atoms with van der Waals surface area (Å²) < 4.78 is 17.4. The summed E-state index contributed by atoms with van der Waals surface area (Å²) in [6.07, 6.45) is 7.99. The van der Waals surface area contributed by atoms with Crippen LogP contribution in [0, 0.1) is 0 Å². The van der Waals surface area contributed by atoms with E-state index in [1.165, 1.54) is 32.1 Å². The molecule has 2 N–H and O–H groups in total. The molecule has 0 amide bonds. The summed E-state index contributed by atoms with van der Waals surface area (Å²) in [5.41, 5.74) is 1.27. The van der Waals surface area contributed by atoms with Crippen LogP contribution < -0.4 is 16.1 Å². The first-order valence-corrected chi connectivity index (χ1v) is 12.0. The topological polar surface area (TPSA) is 77.5 Å². The molecule has 174 valence electrons. The second-order valence-corrected chi connectivity index (χ2v) is 9.93. The van der Waals surface area contributed by atoms with Crippen molar-refractivity contribution in [1.29, 1.82) is 0 Å². The fourth-order valence-corrected chi connectivity index (χ4v) is 4.27. The number of aromatic nitrogens is 2. The lowest BCUT2D eigenvalue weighted by molar-refractivity contribution is 0.00578. The lowest BCUT2D eigenvalue weighted by Gasteiger charge is -2.32. The number of nitrogens with zero attached hydrogens (tertiary/aromatic N) is 2. The Balaban J connectivity index is 0.000000354. The van der Waals surface area contributed by atoms with Crippen molar-refractivity contribution in [3.63, 3.8) is 0 Å². The van der Waals surface area contributed by atoms with Crippen LogP contribution in [0.4, 0.5) is 5.82 Å². The van der Waals surface area contributed by atoms with Gasteiger partial charge in [0.25, 0.3) is 0 Å². The number of ether oxygens (including phenoxy) is 1. The van der Waals surface area contributed by atoms with Gasteiger partial charge in [0.05, 0.1) is 29.9 Å². The average molecular weight is 440 g/mol. The molecule has 0 bridgehead atoms. The summed E-state index contributed by atoms with van der Waals surface area (Å²) in [5, 5.41) is 7.83. The fraction of sp³-hybridized carbons (Fsp3) is 0.667. The second kappa shape index (κ2) is 10.0. The summed E-state index contributed by atoms with van der Waals surface area (Å²) in [5.74, 6) is 0.917. The van der Waals surface area contributed by atoms with Crippen LogP contribution in [0.1, 0.15) is 59.8 Å². The molecule has 3 fully saturated rings. The Labute approximate surface area is 192 Å². The van der Waals surface area contributed by atoms with Crippen molar-refractivity contribution in [3.05, 3.63) is 24.5 Å². The number of anilines is 1. The van der Waals surface area contributed by atoms with E-state index in [1.54, 1.807) is 6.33 Å². The van der Waals surface area contributed by atoms with Gasteiger partial charge in [-0.05, 0) is 58.1 Å². The first kappa shape index (κ1) is 23.4. The van der Waals surface area contributed by atoms with Crippen molar-refractivity contribution in [1.82, 2.24) is 15.3 Å². The van der Waals surface area contributed by atoms with E-state index in [2.05, 4.69) is 54.4 Å². The van der Waals surface area contributed by atoms with E-state index in [4.69, 9.17) is 14.0 Å². The molecule has 3 heterocycles. The van der Waals surface area contributed by atoms with Gasteiger partial charge < -0.3 is 24.7 Å². The maximum Gasteiger partial charge on any atom is 0.494 e. The SMILES string of the molecule is C1COCCN1.CC1(C)OB(c2ccc3ncnc(NC4CCCCC4)c3c2)OC1(C)C. The second-order valence-electron chi connectivity index (χ2n) is 9.93. The van der Waals surface area contributed by atoms with E-state index < -0.39 is 0 Å². The molecule has 2 saturated heterocycles. The number of morpholine rings is 1. The zero-order chi connectivity index (χ0) is 22.6. The van der Waals surface area contributed by atoms with E-state index in [0.717, 1.165) is 48.5 Å². The van der Waals surface area contributed by atoms with Gasteiger partial charge in [-0.15, -0.1) is 0 Å². The number of nitrogens with one attached hydrogen (secondary N) is 2. The number of hydrogen-bond donors (Lipinski definition) is 2. The first-order valence-electron chi connectivity index (χ1n) is 12.0. The molecule has 8 heteroatoms. The van der Waals surface area contributed by atoms with E-state index in [1.807, 2.05) is 12.1 Å². The van der Waals surface area contributed by atoms with Gasteiger partial charge in [0.1, 0.15) is 12.1 Å². The smallest absolute Gasteiger partial charge is 0.399 e. The monoisotopic (exact) mass is 440 g/mol. The Hall–Kier alpha value is -1.74. The summed E-state index contributed by atoms with van der Waals surface area (Å²) in [7, 11) is -0.368. The lowest BCUT2D eigenvalue weighted by atomic mass is 9.78. The Kier molecular flexibility index (Phi) is 7.35. The number of fused-ring (bicyclic) bond motifs is 1. The molecule has 1 saturated carbocycles. The average Bonchev–Trinajstić information content (AvgIpc) is 3.03. The largest absolute Gasteiger partial charge is 0.494 e. The van der Waals surface area contributed by atoms with Crippen LogP contribution in [0.2, 0.25) is 0 Å². The van der Waals surface area contributed by atoms with E-state index in [9.17, 15) is 0 Å². The minimum absolute atomic E-state index is 0.344. The van der Waals surface area contributed by atoms with Crippen LogP contribution in [0.3, 0.4) is 0 Å². The Morgan fingerprint density at radius 1 is 0.969 bits per heavy atom. The van der Waals surface area contributed by atoms with E-state index in [0.29, 0.717) is 6.04 Å². The third kappa shape index (κ3) is 5.42. The predicted octanol–water partition coefficient (Wildman–Crippen LogP) is 3.28. The molecular formula is C24H37BN4O3. The Morgan fingerprint density at radius 3 is 2.25 bits per heavy atom. The van der Waals surface area contributed by atoms with Crippen LogP contribution in [-0.2, 0) is 14.0 Å². The molecule has 5 rings (SSSR count). The molecule has 0 spiro atoms. The van der Waals surface area contributed by atoms with Gasteiger partial charge in [-0.3, -0.25) is 0 Å². The van der Waals surface area contributed by atoms with Crippen LogP contribution >= 0.6 is 0 Å². The minimum Gasteiger partial charge on any atom is -0.399 e. The highest BCUT2D eigenvalue weighted by atomic mass is 16.7. The van der Waals surface area contributed by atoms with Crippen molar-refractivity contribution >= 4 is 29.3 Å². The molecule has 32 heavy (non-hydrogen) atoms. The van der Waals surface area contributed by atoms with Gasteiger partial charge in [-0.25, -0.2) is 9.97 Å². The predicted molar refractivity (Wildman–Crippen MR) is 129 cm³/mol. The zero-order valence-electron chi connectivity index (χ0n) is 19.9. The maximum absolute atomic E-state index is 6.21. The van der Waals surface area contributed by atoms with Crippen molar-refractivity contribution in [2.24, 2.45) is 0 Å². The van der Waals surface area contributed by atoms with Gasteiger partial charge in [-0.1, -0.05) is 25.3 Å². The third-order valence-corrected chi connectivity index (χ3v) is 6.98. The minimum atomic E-state index is -0.368. The first-order chi connectivity index (χ1) is 15.4. The van der Waals surface area contributed by atoms with Gasteiger partial charge in [-0.2, -0.15) is 0 Å². The number of hydrogen-bond acceptors (Lipinski definition) is 7. The highest BCUT2D eigenvalue weighted by Gasteiger charge is 2.51. The molecule has 3 aliphatic rings. The van der Waals surface area contributed by atoms with Crippen LogP contribution in [0.5, 0.6) is 0 Å². The van der Waals surface area contributed by atoms with Crippen LogP contribution in [-0.4, -0.2) is 60.6 Å². The van der Waals surface area contributed by atoms with Gasteiger partial charge in [0.15, 0.2) is 0 Å². The van der Waals surface area contributed by atoms with Crippen molar-refractivity contribution in [2.75, 3.05) is 31.6 Å². The van der Waals surface area contributed by atoms with E-state index >= 15 is 0 Å². The number of benzene rings is 1. The highest BCUT2D eigenvalue weighted by Crippen LogP contribution is 2.36. The molecule has 2 aromatic rings. The van der Waals surface area contributed by atoms with Gasteiger partial charge in [0.2, 0.25) is 0 Å². The highest BCUT2D eigenvalue weighted by molar-refractivity contribution is 6.62. The third-order valence-electron chi connectivity index (χ3n) is 6.98. The molecule has 7 nitrogen and oxygen atoms in total. The zero-order valence-corrected chi connectivity index (χ0v) is 19.9. The summed E-state index contributed by atoms with van der Waals surface area (Å²) in [6, 6.07) is 6.69. The number of rotatable bonds is 3. The molecule has 2 aliphatic heterocycles. The summed E-state index contributed by atoms with van der Waals surface area (Å²) in [4.78, 5) is 8.95. The van der Waals surface area contributed by atoms with Crippen molar-refractivity contribution in [2.45, 2.75) is 77.0 Å². The van der Waals surface area contributed by atoms with E-state index in [-0.39, 0.29) is 18.3 Å². The lowest BCUT2D eigenvalue weighted by Crippen LogP contribution is -2.41. The molecule has 1 aliphatic carbocycles. The van der Waals surface area contributed by atoms with Gasteiger partial charge >= 0.3 is 7.12 Å². The molecule has 0 radical (unpaired) electrons. The van der Waals surface area contributed by atoms with Crippen molar-refractivity contribution in [3.8, 4) is 0 Å². The fourth-order valence-electron chi connectivity index (χ4n) is 4.27.